The topological polar surface area (TPSA) is 35.8 Å². The van der Waals surface area contributed by atoms with Gasteiger partial charge in [0.2, 0.25) is 0 Å². The minimum absolute atomic E-state index is 0.526. The van der Waals surface area contributed by atoms with Crippen LogP contribution in [0.1, 0.15) is 51.5 Å². The quantitative estimate of drug-likeness (QED) is 0.804. The summed E-state index contributed by atoms with van der Waals surface area (Å²) in [5, 5.41) is 12.7. The number of nitrogens with one attached hydrogen (secondary N) is 1. The van der Waals surface area contributed by atoms with Crippen molar-refractivity contribution in [3.63, 3.8) is 0 Å². The molecule has 2 rings (SSSR count). The van der Waals surface area contributed by atoms with E-state index in [1.807, 2.05) is 24.3 Å². The summed E-state index contributed by atoms with van der Waals surface area (Å²) in [5.74, 6) is 1.67. The Bertz CT molecular complexity index is 445. The molecule has 1 saturated carbocycles. The first-order valence-corrected chi connectivity index (χ1v) is 7.46. The van der Waals surface area contributed by atoms with Crippen LogP contribution in [0.5, 0.6) is 0 Å². The van der Waals surface area contributed by atoms with Crippen molar-refractivity contribution in [3.8, 4) is 6.07 Å². The van der Waals surface area contributed by atoms with Crippen molar-refractivity contribution in [2.24, 2.45) is 11.8 Å². The fourth-order valence-electron chi connectivity index (χ4n) is 3.07. The predicted octanol–water partition coefficient (Wildman–Crippen LogP) is 4.58. The number of nitrogens with zero attached hydrogens (tertiary/aromatic N) is 1. The van der Waals surface area contributed by atoms with E-state index in [2.05, 4.69) is 25.2 Å². The first-order chi connectivity index (χ1) is 9.20. The van der Waals surface area contributed by atoms with Crippen molar-refractivity contribution in [1.29, 1.82) is 5.26 Å². The standard InChI is InChI=1S/C17H24N2/c1-13(2)14-7-5-8-16(11-10-14)19-17-9-4-3-6-15(17)12-18/h3-4,6,9,13-14,16,19H,5,7-8,10-11H2,1-2H3. The maximum absolute atomic E-state index is 9.13. The highest BCUT2D eigenvalue weighted by Crippen LogP contribution is 2.30. The molecular weight excluding hydrogens is 232 g/mol. The van der Waals surface area contributed by atoms with Gasteiger partial charge in [-0.1, -0.05) is 38.8 Å². The monoisotopic (exact) mass is 256 g/mol. The second-order valence-corrected chi connectivity index (χ2v) is 6.01. The second-order valence-electron chi connectivity index (χ2n) is 6.01. The minimum atomic E-state index is 0.526. The van der Waals surface area contributed by atoms with Crippen molar-refractivity contribution < 1.29 is 0 Å². The average Bonchev–Trinajstić information content (AvgIpc) is 2.65. The Morgan fingerprint density at radius 3 is 2.68 bits per heavy atom. The Labute approximate surface area is 116 Å². The van der Waals surface area contributed by atoms with E-state index in [1.54, 1.807) is 0 Å². The van der Waals surface area contributed by atoms with Crippen LogP contribution in [0.3, 0.4) is 0 Å². The van der Waals surface area contributed by atoms with Gasteiger partial charge in [0.25, 0.3) is 0 Å². The molecule has 2 atom stereocenters. The van der Waals surface area contributed by atoms with Gasteiger partial charge in [0.05, 0.1) is 11.3 Å². The molecule has 0 aliphatic heterocycles. The molecule has 2 nitrogen and oxygen atoms in total. The van der Waals surface area contributed by atoms with E-state index < -0.39 is 0 Å². The lowest BCUT2D eigenvalue weighted by Crippen LogP contribution is -2.19. The van der Waals surface area contributed by atoms with E-state index in [9.17, 15) is 0 Å². The maximum atomic E-state index is 9.13. The SMILES string of the molecule is CC(C)C1CCCC(Nc2ccccc2C#N)CC1. The summed E-state index contributed by atoms with van der Waals surface area (Å²) in [7, 11) is 0. The summed E-state index contributed by atoms with van der Waals surface area (Å²) in [5.41, 5.74) is 1.75. The molecule has 1 fully saturated rings. The van der Waals surface area contributed by atoms with Gasteiger partial charge < -0.3 is 5.32 Å². The molecule has 2 heteroatoms. The third-order valence-electron chi connectivity index (χ3n) is 4.36. The first-order valence-electron chi connectivity index (χ1n) is 7.46. The molecule has 0 bridgehead atoms. The van der Waals surface area contributed by atoms with Crippen LogP contribution in [0.2, 0.25) is 0 Å². The molecule has 0 saturated heterocycles. The Morgan fingerprint density at radius 2 is 1.95 bits per heavy atom. The number of hydrogen-bond donors (Lipinski definition) is 1. The lowest BCUT2D eigenvalue weighted by atomic mass is 9.89. The van der Waals surface area contributed by atoms with E-state index in [-0.39, 0.29) is 0 Å². The summed E-state index contributed by atoms with van der Waals surface area (Å²) < 4.78 is 0. The van der Waals surface area contributed by atoms with Gasteiger partial charge in [-0.3, -0.25) is 0 Å². The first kappa shape index (κ1) is 13.9. The van der Waals surface area contributed by atoms with E-state index in [0.717, 1.165) is 23.1 Å². The number of anilines is 1. The van der Waals surface area contributed by atoms with Gasteiger partial charge in [0, 0.05) is 6.04 Å². The molecule has 1 aromatic rings. The Hall–Kier alpha value is -1.49. The van der Waals surface area contributed by atoms with Gasteiger partial charge >= 0.3 is 0 Å². The van der Waals surface area contributed by atoms with Crippen molar-refractivity contribution in [2.75, 3.05) is 5.32 Å². The van der Waals surface area contributed by atoms with E-state index in [4.69, 9.17) is 5.26 Å². The predicted molar refractivity (Wildman–Crippen MR) is 80.0 cm³/mol. The second kappa shape index (κ2) is 6.61. The minimum Gasteiger partial charge on any atom is -0.381 e. The van der Waals surface area contributed by atoms with Crippen LogP contribution in [-0.4, -0.2) is 6.04 Å². The normalized spacial score (nSPS) is 23.7. The molecule has 1 aliphatic rings. The molecule has 19 heavy (non-hydrogen) atoms. The molecule has 0 spiro atoms. The largest absolute Gasteiger partial charge is 0.381 e. The summed E-state index contributed by atoms with van der Waals surface area (Å²) in [6, 6.07) is 10.6. The summed E-state index contributed by atoms with van der Waals surface area (Å²) in [6.07, 6.45) is 6.42. The smallest absolute Gasteiger partial charge is 0.101 e. The summed E-state index contributed by atoms with van der Waals surface area (Å²) in [4.78, 5) is 0. The third-order valence-corrected chi connectivity index (χ3v) is 4.36. The summed E-state index contributed by atoms with van der Waals surface area (Å²) in [6.45, 7) is 4.67. The zero-order valence-corrected chi connectivity index (χ0v) is 12.0. The van der Waals surface area contributed by atoms with E-state index in [1.165, 1.54) is 32.1 Å². The third kappa shape index (κ3) is 3.73. The lowest BCUT2D eigenvalue weighted by Gasteiger charge is -2.20. The highest BCUT2D eigenvalue weighted by molar-refractivity contribution is 5.57. The van der Waals surface area contributed by atoms with Crippen molar-refractivity contribution in [3.05, 3.63) is 29.8 Å². The molecule has 1 aromatic carbocycles. The fraction of sp³-hybridized carbons (Fsp3) is 0.588. The van der Waals surface area contributed by atoms with E-state index in [0.29, 0.717) is 6.04 Å². The van der Waals surface area contributed by atoms with Crippen molar-refractivity contribution in [1.82, 2.24) is 0 Å². The number of para-hydroxylation sites is 1. The fourth-order valence-corrected chi connectivity index (χ4v) is 3.07. The zero-order chi connectivity index (χ0) is 13.7. The van der Waals surface area contributed by atoms with Crippen LogP contribution in [0.15, 0.2) is 24.3 Å². The van der Waals surface area contributed by atoms with Crippen LogP contribution in [0, 0.1) is 23.2 Å². The highest BCUT2D eigenvalue weighted by Gasteiger charge is 2.21. The Balaban J connectivity index is 1.98. The Morgan fingerprint density at radius 1 is 1.16 bits per heavy atom. The van der Waals surface area contributed by atoms with Crippen LogP contribution in [-0.2, 0) is 0 Å². The van der Waals surface area contributed by atoms with Gasteiger partial charge in [-0.2, -0.15) is 5.26 Å². The highest BCUT2D eigenvalue weighted by atomic mass is 14.9. The molecule has 1 N–H and O–H groups in total. The van der Waals surface area contributed by atoms with Gasteiger partial charge in [0.1, 0.15) is 6.07 Å². The molecule has 0 heterocycles. The Kier molecular flexibility index (Phi) is 4.85. The number of hydrogen-bond acceptors (Lipinski definition) is 2. The van der Waals surface area contributed by atoms with Crippen LogP contribution >= 0.6 is 0 Å². The molecule has 1 aliphatic carbocycles. The van der Waals surface area contributed by atoms with Gasteiger partial charge in [-0.25, -0.2) is 0 Å². The molecule has 2 unspecified atom stereocenters. The zero-order valence-electron chi connectivity index (χ0n) is 12.0. The van der Waals surface area contributed by atoms with Gasteiger partial charge in [-0.05, 0) is 43.2 Å². The number of rotatable bonds is 3. The van der Waals surface area contributed by atoms with Gasteiger partial charge in [-0.15, -0.1) is 0 Å². The average molecular weight is 256 g/mol. The number of benzene rings is 1. The molecule has 0 radical (unpaired) electrons. The lowest BCUT2D eigenvalue weighted by molar-refractivity contribution is 0.341. The molecule has 0 amide bonds. The maximum Gasteiger partial charge on any atom is 0.101 e. The molecular formula is C17H24N2. The summed E-state index contributed by atoms with van der Waals surface area (Å²) >= 11 is 0. The van der Waals surface area contributed by atoms with Crippen LogP contribution in [0.25, 0.3) is 0 Å². The number of nitriles is 1. The van der Waals surface area contributed by atoms with Crippen molar-refractivity contribution in [2.45, 2.75) is 52.0 Å². The van der Waals surface area contributed by atoms with Crippen molar-refractivity contribution >= 4 is 5.69 Å². The van der Waals surface area contributed by atoms with Crippen LogP contribution in [0.4, 0.5) is 5.69 Å². The molecule has 102 valence electrons. The van der Waals surface area contributed by atoms with Gasteiger partial charge in [0.15, 0.2) is 0 Å². The van der Waals surface area contributed by atoms with Crippen LogP contribution < -0.4 is 5.32 Å². The molecule has 0 aromatic heterocycles. The van der Waals surface area contributed by atoms with E-state index >= 15 is 0 Å².